The van der Waals surface area contributed by atoms with Gasteiger partial charge in [-0.2, -0.15) is 0 Å². The lowest BCUT2D eigenvalue weighted by Crippen LogP contribution is -2.22. The average Bonchev–Trinajstić information content (AvgIpc) is 2.74. The third-order valence-corrected chi connectivity index (χ3v) is 3.76. The van der Waals surface area contributed by atoms with E-state index in [9.17, 15) is 0 Å². The Labute approximate surface area is 95.5 Å². The topological polar surface area (TPSA) is 30.7 Å². The second-order valence-electron chi connectivity index (χ2n) is 4.85. The second kappa shape index (κ2) is 3.89. The normalized spacial score (nSPS) is 26.1. The van der Waals surface area contributed by atoms with Crippen LogP contribution in [0.2, 0.25) is 0 Å². The van der Waals surface area contributed by atoms with Crippen molar-refractivity contribution in [2.75, 3.05) is 0 Å². The van der Waals surface area contributed by atoms with E-state index in [4.69, 9.17) is 0 Å². The number of nitrogens with zero attached hydrogens (tertiary/aromatic N) is 3. The maximum absolute atomic E-state index is 4.34. The van der Waals surface area contributed by atoms with E-state index in [1.54, 1.807) is 0 Å². The molecule has 16 heavy (non-hydrogen) atoms. The number of hydrogen-bond acceptors (Lipinski definition) is 2. The first-order chi connectivity index (χ1) is 7.86. The maximum Gasteiger partial charge on any atom is 0.113 e. The molecule has 0 bridgehead atoms. The van der Waals surface area contributed by atoms with Crippen LogP contribution in [-0.2, 0) is 0 Å². The van der Waals surface area contributed by atoms with Gasteiger partial charge in [-0.05, 0) is 30.9 Å². The molecular formula is C13H17N3. The molecule has 0 amide bonds. The average molecular weight is 215 g/mol. The molecule has 0 radical (unpaired) electrons. The van der Waals surface area contributed by atoms with Crippen molar-refractivity contribution < 1.29 is 0 Å². The molecule has 84 valence electrons. The standard InChI is InChI=1S/C13H17N3/c1-10-6-2-4-8-12(10)16-13-9-5-3-7-11(13)14-15-16/h3,5,7,9-10,12H,2,4,6,8H2,1H3/t10-,12+/m1/s1. The van der Waals surface area contributed by atoms with Gasteiger partial charge in [0.15, 0.2) is 0 Å². The fourth-order valence-corrected chi connectivity index (χ4v) is 2.79. The Bertz CT molecular complexity index is 489. The number of benzene rings is 1. The van der Waals surface area contributed by atoms with Crippen LogP contribution in [0.1, 0.15) is 38.6 Å². The van der Waals surface area contributed by atoms with Crippen LogP contribution in [0.25, 0.3) is 11.0 Å². The minimum Gasteiger partial charge on any atom is -0.241 e. The summed E-state index contributed by atoms with van der Waals surface area (Å²) in [5.41, 5.74) is 2.20. The van der Waals surface area contributed by atoms with Gasteiger partial charge in [-0.25, -0.2) is 4.68 Å². The zero-order valence-corrected chi connectivity index (χ0v) is 9.63. The van der Waals surface area contributed by atoms with Crippen LogP contribution >= 0.6 is 0 Å². The molecule has 1 heterocycles. The van der Waals surface area contributed by atoms with Gasteiger partial charge in [-0.15, -0.1) is 5.10 Å². The highest BCUT2D eigenvalue weighted by atomic mass is 15.4. The zero-order valence-electron chi connectivity index (χ0n) is 9.63. The van der Waals surface area contributed by atoms with Crippen molar-refractivity contribution >= 4 is 11.0 Å². The zero-order chi connectivity index (χ0) is 11.0. The molecule has 3 nitrogen and oxygen atoms in total. The predicted molar refractivity (Wildman–Crippen MR) is 64.2 cm³/mol. The van der Waals surface area contributed by atoms with Crippen molar-refractivity contribution in [2.45, 2.75) is 38.6 Å². The summed E-state index contributed by atoms with van der Waals surface area (Å²) in [6.45, 7) is 2.33. The summed E-state index contributed by atoms with van der Waals surface area (Å²) in [7, 11) is 0. The van der Waals surface area contributed by atoms with E-state index < -0.39 is 0 Å². The minimum absolute atomic E-state index is 0.543. The maximum atomic E-state index is 4.34. The molecule has 1 fully saturated rings. The summed E-state index contributed by atoms with van der Waals surface area (Å²) in [5.74, 6) is 0.721. The third kappa shape index (κ3) is 1.51. The SMILES string of the molecule is C[C@@H]1CCCC[C@@H]1n1nnc2ccccc21. The van der Waals surface area contributed by atoms with Gasteiger partial charge in [-0.1, -0.05) is 37.1 Å². The van der Waals surface area contributed by atoms with Gasteiger partial charge in [0.05, 0.1) is 11.6 Å². The van der Waals surface area contributed by atoms with Crippen LogP contribution in [0.3, 0.4) is 0 Å². The summed E-state index contributed by atoms with van der Waals surface area (Å²) >= 11 is 0. The van der Waals surface area contributed by atoms with Gasteiger partial charge in [0, 0.05) is 0 Å². The van der Waals surface area contributed by atoms with Crippen LogP contribution < -0.4 is 0 Å². The van der Waals surface area contributed by atoms with Crippen LogP contribution in [0, 0.1) is 5.92 Å². The van der Waals surface area contributed by atoms with Gasteiger partial charge in [0.1, 0.15) is 5.52 Å². The largest absolute Gasteiger partial charge is 0.241 e. The predicted octanol–water partition coefficient (Wildman–Crippen LogP) is 3.18. The number of rotatable bonds is 1. The molecule has 0 N–H and O–H groups in total. The highest BCUT2D eigenvalue weighted by Crippen LogP contribution is 2.34. The van der Waals surface area contributed by atoms with Crippen molar-refractivity contribution in [3.8, 4) is 0 Å². The molecule has 1 aromatic carbocycles. The summed E-state index contributed by atoms with van der Waals surface area (Å²) in [5, 5.41) is 8.58. The molecule has 1 aliphatic rings. The van der Waals surface area contributed by atoms with E-state index in [1.165, 1.54) is 31.2 Å². The summed E-state index contributed by atoms with van der Waals surface area (Å²) < 4.78 is 2.14. The lowest BCUT2D eigenvalue weighted by atomic mass is 9.86. The van der Waals surface area contributed by atoms with Crippen molar-refractivity contribution in [3.05, 3.63) is 24.3 Å². The van der Waals surface area contributed by atoms with Gasteiger partial charge >= 0.3 is 0 Å². The van der Waals surface area contributed by atoms with Gasteiger partial charge in [0.25, 0.3) is 0 Å². The highest BCUT2D eigenvalue weighted by Gasteiger charge is 2.24. The Morgan fingerprint density at radius 3 is 2.88 bits per heavy atom. The van der Waals surface area contributed by atoms with Crippen LogP contribution in [0.5, 0.6) is 0 Å². The molecule has 0 unspecified atom stereocenters. The smallest absolute Gasteiger partial charge is 0.113 e. The molecule has 1 aliphatic carbocycles. The van der Waals surface area contributed by atoms with Crippen LogP contribution in [0.15, 0.2) is 24.3 Å². The Morgan fingerprint density at radius 2 is 2.00 bits per heavy atom. The third-order valence-electron chi connectivity index (χ3n) is 3.76. The first-order valence-corrected chi connectivity index (χ1v) is 6.16. The first kappa shape index (κ1) is 9.82. The Morgan fingerprint density at radius 1 is 1.19 bits per heavy atom. The Balaban J connectivity index is 2.04. The Kier molecular flexibility index (Phi) is 2.39. The summed E-state index contributed by atoms with van der Waals surface area (Å²) in [6.07, 6.45) is 5.25. The molecule has 3 rings (SSSR count). The van der Waals surface area contributed by atoms with Crippen molar-refractivity contribution in [2.24, 2.45) is 5.92 Å². The molecule has 1 saturated carbocycles. The molecule has 0 spiro atoms. The molecule has 3 heteroatoms. The highest BCUT2D eigenvalue weighted by molar-refractivity contribution is 5.73. The van der Waals surface area contributed by atoms with E-state index in [2.05, 4.69) is 34.1 Å². The van der Waals surface area contributed by atoms with Crippen LogP contribution in [-0.4, -0.2) is 15.0 Å². The number of fused-ring (bicyclic) bond motifs is 1. The first-order valence-electron chi connectivity index (χ1n) is 6.16. The lowest BCUT2D eigenvalue weighted by Gasteiger charge is -2.28. The van der Waals surface area contributed by atoms with Gasteiger partial charge in [0.2, 0.25) is 0 Å². The van der Waals surface area contributed by atoms with Gasteiger partial charge < -0.3 is 0 Å². The minimum atomic E-state index is 0.543. The molecule has 0 aliphatic heterocycles. The lowest BCUT2D eigenvalue weighted by molar-refractivity contribution is 0.242. The number of para-hydroxylation sites is 1. The van der Waals surface area contributed by atoms with E-state index in [0.29, 0.717) is 6.04 Å². The molecule has 2 atom stereocenters. The Hall–Kier alpha value is -1.38. The summed E-state index contributed by atoms with van der Waals surface area (Å²) in [6, 6.07) is 8.78. The second-order valence-corrected chi connectivity index (χ2v) is 4.85. The monoisotopic (exact) mass is 215 g/mol. The van der Waals surface area contributed by atoms with E-state index in [0.717, 1.165) is 11.4 Å². The van der Waals surface area contributed by atoms with Gasteiger partial charge in [-0.3, -0.25) is 0 Å². The van der Waals surface area contributed by atoms with E-state index >= 15 is 0 Å². The van der Waals surface area contributed by atoms with Crippen molar-refractivity contribution in [1.82, 2.24) is 15.0 Å². The molecule has 2 aromatic rings. The molecule has 0 saturated heterocycles. The molecule has 1 aromatic heterocycles. The fourth-order valence-electron chi connectivity index (χ4n) is 2.79. The van der Waals surface area contributed by atoms with Crippen molar-refractivity contribution in [1.29, 1.82) is 0 Å². The molecular weight excluding hydrogens is 198 g/mol. The van der Waals surface area contributed by atoms with Crippen LogP contribution in [0.4, 0.5) is 0 Å². The number of aromatic nitrogens is 3. The van der Waals surface area contributed by atoms with E-state index in [-0.39, 0.29) is 0 Å². The quantitative estimate of drug-likeness (QED) is 0.731. The van der Waals surface area contributed by atoms with E-state index in [1.807, 2.05) is 12.1 Å². The fraction of sp³-hybridized carbons (Fsp3) is 0.538. The van der Waals surface area contributed by atoms with Crippen molar-refractivity contribution in [3.63, 3.8) is 0 Å². The summed E-state index contributed by atoms with van der Waals surface area (Å²) in [4.78, 5) is 0. The number of hydrogen-bond donors (Lipinski definition) is 0.